The second kappa shape index (κ2) is 20.8. The Morgan fingerprint density at radius 2 is 0.739 bits per heavy atom. The van der Waals surface area contributed by atoms with E-state index in [4.69, 9.17) is 9.97 Å². The van der Waals surface area contributed by atoms with Gasteiger partial charge in [0.05, 0.1) is 16.6 Å². The number of rotatable bonds is 9. The maximum atomic E-state index is 5.30. The third-order valence-corrected chi connectivity index (χ3v) is 18.3. The van der Waals surface area contributed by atoms with Gasteiger partial charge in [0.1, 0.15) is 5.82 Å². The van der Waals surface area contributed by atoms with Crippen molar-refractivity contribution < 1.29 is 0 Å². The molecule has 0 amide bonds. The van der Waals surface area contributed by atoms with Gasteiger partial charge in [0, 0.05) is 23.2 Å². The summed E-state index contributed by atoms with van der Waals surface area (Å²) in [6, 6.07) is 110. The molecule has 0 N–H and O–H groups in total. The monoisotopic (exact) mass is 1120 g/mol. The van der Waals surface area contributed by atoms with Crippen LogP contribution in [0.3, 0.4) is 0 Å². The third-order valence-electron chi connectivity index (χ3n) is 18.3. The molecular formula is C85H57N3. The standard InChI is InChI=1S/C85H57N3/c1-53(2)85-87-79-52-60(41-45-80(79)88(85)65-23-7-4-8-24-65)59-38-43-75-76(50-59)84(63-37-32-54-18-9-10-21-58(54)48-63)73-29-14-13-28-72(73)83(75)64-40-42-67-61(49-64)22-17-30-66(67)55-33-35-57(36-34-55)82-71-27-12-11-26-70(71)81(56-19-5-3-6-20-56)74-44-39-62(51-77(74)82)68-46-47-86-78-31-16-15-25-69(68)78/h3-53H,1-2H3. The molecule has 0 spiro atoms. The summed E-state index contributed by atoms with van der Waals surface area (Å²) in [5, 5.41) is 15.8. The van der Waals surface area contributed by atoms with Crippen molar-refractivity contribution in [1.82, 2.24) is 14.5 Å². The Labute approximate surface area is 510 Å². The summed E-state index contributed by atoms with van der Waals surface area (Å²) in [7, 11) is 0. The minimum Gasteiger partial charge on any atom is -0.296 e. The summed E-state index contributed by atoms with van der Waals surface area (Å²) in [5.41, 5.74) is 21.0. The van der Waals surface area contributed by atoms with Crippen molar-refractivity contribution in [3.05, 3.63) is 309 Å². The number of fused-ring (bicyclic) bond motifs is 8. The van der Waals surface area contributed by atoms with Gasteiger partial charge >= 0.3 is 0 Å². The molecular weight excluding hydrogens is 1060 g/mol. The Kier molecular flexibility index (Phi) is 12.1. The summed E-state index contributed by atoms with van der Waals surface area (Å²) in [5.74, 6) is 1.30. The van der Waals surface area contributed by atoms with Crippen LogP contribution in [0.1, 0.15) is 25.6 Å². The summed E-state index contributed by atoms with van der Waals surface area (Å²) in [6.07, 6.45) is 1.93. The molecule has 0 atom stereocenters. The van der Waals surface area contributed by atoms with Gasteiger partial charge in [-0.1, -0.05) is 250 Å². The number of imidazole rings is 1. The number of nitrogens with zero attached hydrogens (tertiary/aromatic N) is 3. The molecule has 0 saturated carbocycles. The minimum absolute atomic E-state index is 0.245. The number of aromatic nitrogens is 3. The van der Waals surface area contributed by atoms with E-state index in [0.29, 0.717) is 0 Å². The van der Waals surface area contributed by atoms with E-state index in [1.807, 2.05) is 6.20 Å². The molecule has 15 aromatic carbocycles. The zero-order chi connectivity index (χ0) is 58.4. The molecule has 412 valence electrons. The molecule has 0 aliphatic carbocycles. The number of hydrogen-bond acceptors (Lipinski definition) is 2. The van der Waals surface area contributed by atoms with Crippen molar-refractivity contribution in [2.45, 2.75) is 19.8 Å². The normalized spacial score (nSPS) is 11.9. The van der Waals surface area contributed by atoms with Gasteiger partial charge in [-0.2, -0.15) is 0 Å². The van der Waals surface area contributed by atoms with E-state index >= 15 is 0 Å². The highest BCUT2D eigenvalue weighted by molar-refractivity contribution is 6.24. The fourth-order valence-corrected chi connectivity index (χ4v) is 14.3. The van der Waals surface area contributed by atoms with Crippen molar-refractivity contribution in [2.75, 3.05) is 0 Å². The lowest BCUT2D eigenvalue weighted by Gasteiger charge is -2.20. The smallest absolute Gasteiger partial charge is 0.117 e. The van der Waals surface area contributed by atoms with Crippen LogP contribution in [0.4, 0.5) is 0 Å². The highest BCUT2D eigenvalue weighted by Gasteiger charge is 2.23. The first-order valence-electron chi connectivity index (χ1n) is 30.6. The van der Waals surface area contributed by atoms with Gasteiger partial charge in [-0.15, -0.1) is 0 Å². The number of para-hydroxylation sites is 2. The SMILES string of the molecule is CC(C)c1nc2cc(-c3ccc4c(-c5ccc6c(-c7ccc(-c8c9ccccc9c(-c9ccccc9)c9ccc(-c%10ccnc%11ccccc%10%11)cc89)cc7)cccc6c5)c5ccccc5c(-c5ccc6ccccc6c5)c4c3)ccc2n1-c1ccccc1. The molecule has 3 heteroatoms. The van der Waals surface area contributed by atoms with Crippen LogP contribution in [0.25, 0.3) is 170 Å². The van der Waals surface area contributed by atoms with E-state index in [2.05, 4.69) is 316 Å². The quantitative estimate of drug-likeness (QED) is 0.135. The van der Waals surface area contributed by atoms with Crippen LogP contribution in [0.15, 0.2) is 303 Å². The molecule has 0 radical (unpaired) electrons. The van der Waals surface area contributed by atoms with E-state index in [1.165, 1.54) is 131 Å². The molecule has 0 aliphatic rings. The van der Waals surface area contributed by atoms with Crippen LogP contribution in [-0.2, 0) is 0 Å². The predicted octanol–water partition coefficient (Wildman–Crippen LogP) is 23.3. The van der Waals surface area contributed by atoms with Crippen LogP contribution in [0.5, 0.6) is 0 Å². The maximum Gasteiger partial charge on any atom is 0.117 e. The second-order valence-electron chi connectivity index (χ2n) is 23.7. The topological polar surface area (TPSA) is 30.7 Å². The van der Waals surface area contributed by atoms with E-state index in [-0.39, 0.29) is 5.92 Å². The fourth-order valence-electron chi connectivity index (χ4n) is 14.3. The fraction of sp³-hybridized carbons (Fsp3) is 0.0353. The lowest BCUT2D eigenvalue weighted by Crippen LogP contribution is -2.02. The van der Waals surface area contributed by atoms with Crippen molar-refractivity contribution in [3.63, 3.8) is 0 Å². The van der Waals surface area contributed by atoms with Crippen molar-refractivity contribution in [2.24, 2.45) is 0 Å². The molecule has 0 unspecified atom stereocenters. The van der Waals surface area contributed by atoms with Gasteiger partial charge in [0.15, 0.2) is 0 Å². The molecule has 17 aromatic rings. The maximum absolute atomic E-state index is 5.30. The number of benzene rings is 15. The van der Waals surface area contributed by atoms with Gasteiger partial charge in [0.25, 0.3) is 0 Å². The largest absolute Gasteiger partial charge is 0.296 e. The molecule has 0 saturated heterocycles. The second-order valence-corrected chi connectivity index (χ2v) is 23.7. The molecule has 17 rings (SSSR count). The van der Waals surface area contributed by atoms with Gasteiger partial charge in [-0.3, -0.25) is 9.55 Å². The average molecular weight is 1120 g/mol. The van der Waals surface area contributed by atoms with Crippen molar-refractivity contribution >= 4 is 86.6 Å². The van der Waals surface area contributed by atoms with Crippen molar-refractivity contribution in [1.29, 1.82) is 0 Å². The Balaban J connectivity index is 0.807. The van der Waals surface area contributed by atoms with E-state index < -0.39 is 0 Å². The molecule has 0 fully saturated rings. The van der Waals surface area contributed by atoms with Crippen LogP contribution in [0.2, 0.25) is 0 Å². The Morgan fingerprint density at radius 3 is 1.45 bits per heavy atom. The Hall–Kier alpha value is -11.3. The molecule has 0 bridgehead atoms. The Bertz CT molecular complexity index is 5640. The highest BCUT2D eigenvalue weighted by Crippen LogP contribution is 2.49. The van der Waals surface area contributed by atoms with Gasteiger partial charge in [-0.25, -0.2) is 4.98 Å². The number of hydrogen-bond donors (Lipinski definition) is 0. The first-order valence-corrected chi connectivity index (χ1v) is 30.6. The highest BCUT2D eigenvalue weighted by atomic mass is 15.1. The zero-order valence-corrected chi connectivity index (χ0v) is 48.8. The van der Waals surface area contributed by atoms with E-state index in [0.717, 1.165) is 44.6 Å². The summed E-state index contributed by atoms with van der Waals surface area (Å²) in [4.78, 5) is 10.0. The summed E-state index contributed by atoms with van der Waals surface area (Å²) >= 11 is 0. The van der Waals surface area contributed by atoms with Crippen LogP contribution in [0, 0.1) is 0 Å². The van der Waals surface area contributed by atoms with Crippen LogP contribution >= 0.6 is 0 Å². The molecule has 3 nitrogen and oxygen atoms in total. The first kappa shape index (κ1) is 51.2. The lowest BCUT2D eigenvalue weighted by atomic mass is 9.83. The summed E-state index contributed by atoms with van der Waals surface area (Å²) in [6.45, 7) is 4.45. The zero-order valence-electron chi connectivity index (χ0n) is 48.8. The van der Waals surface area contributed by atoms with E-state index in [1.54, 1.807) is 0 Å². The average Bonchev–Trinajstić information content (AvgIpc) is 1.46. The third kappa shape index (κ3) is 8.42. The lowest BCUT2D eigenvalue weighted by molar-refractivity contribution is 0.760. The molecule has 88 heavy (non-hydrogen) atoms. The summed E-state index contributed by atoms with van der Waals surface area (Å²) < 4.78 is 2.32. The minimum atomic E-state index is 0.245. The van der Waals surface area contributed by atoms with Crippen LogP contribution in [-0.4, -0.2) is 14.5 Å². The van der Waals surface area contributed by atoms with Crippen LogP contribution < -0.4 is 0 Å². The molecule has 2 aromatic heterocycles. The molecule has 0 aliphatic heterocycles. The number of pyridine rings is 1. The predicted molar refractivity (Wildman–Crippen MR) is 374 cm³/mol. The van der Waals surface area contributed by atoms with Gasteiger partial charge in [-0.05, 0) is 203 Å². The van der Waals surface area contributed by atoms with Gasteiger partial charge in [0.2, 0.25) is 0 Å². The Morgan fingerprint density at radius 1 is 0.273 bits per heavy atom. The van der Waals surface area contributed by atoms with Crippen molar-refractivity contribution in [3.8, 4) is 83.6 Å². The first-order chi connectivity index (χ1) is 43.5. The van der Waals surface area contributed by atoms with Gasteiger partial charge < -0.3 is 0 Å². The molecule has 2 heterocycles. The van der Waals surface area contributed by atoms with E-state index in [9.17, 15) is 0 Å².